The Balaban J connectivity index is 0.000000135. The van der Waals surface area contributed by atoms with E-state index in [9.17, 15) is 0 Å². The van der Waals surface area contributed by atoms with E-state index >= 15 is 0 Å². The molecule has 0 amide bonds. The first kappa shape index (κ1) is 64.9. The molecule has 0 spiro atoms. The Hall–Kier alpha value is -15.0. The van der Waals surface area contributed by atoms with Gasteiger partial charge in [-0.3, -0.25) is 0 Å². The lowest BCUT2D eigenvalue weighted by Gasteiger charge is -2.15. The van der Waals surface area contributed by atoms with Gasteiger partial charge < -0.3 is 22.5 Å². The third kappa shape index (κ3) is 10.7. The van der Waals surface area contributed by atoms with E-state index < -0.39 is 0 Å². The smallest absolute Gasteiger partial charge is 0.137 e. The molecule has 0 radical (unpaired) electrons. The molecule has 0 aliphatic heterocycles. The summed E-state index contributed by atoms with van der Waals surface area (Å²) in [5.74, 6) is 0.191. The first-order valence-electron chi connectivity index (χ1n) is 39.2. The molecule has 5 nitrogen and oxygen atoms in total. The second-order valence-electron chi connectivity index (χ2n) is 30.2. The van der Waals surface area contributed by atoms with Gasteiger partial charge in [-0.15, -0.1) is 0 Å². The van der Waals surface area contributed by atoms with E-state index in [1.807, 2.05) is 12.1 Å². The van der Waals surface area contributed by atoms with Crippen molar-refractivity contribution in [2.45, 2.75) is 5.92 Å². The minimum Gasteiger partial charge on any atom is -0.456 e. The minimum atomic E-state index is 0.191. The molecular formula is C109H69N3O2. The van der Waals surface area contributed by atoms with E-state index in [0.717, 1.165) is 77.5 Å². The number of para-hydroxylation sites is 3. The van der Waals surface area contributed by atoms with Crippen molar-refractivity contribution in [2.24, 2.45) is 0 Å². The van der Waals surface area contributed by atoms with Gasteiger partial charge in [0.25, 0.3) is 0 Å². The minimum absolute atomic E-state index is 0.191. The van der Waals surface area contributed by atoms with Crippen LogP contribution in [0, 0.1) is 0 Å². The molecule has 114 heavy (non-hydrogen) atoms. The number of fused-ring (bicyclic) bond motifs is 18. The first-order chi connectivity index (χ1) is 56.5. The zero-order valence-electron chi connectivity index (χ0n) is 62.0. The van der Waals surface area contributed by atoms with Crippen molar-refractivity contribution in [3.05, 3.63) is 429 Å². The third-order valence-electron chi connectivity index (χ3n) is 23.8. The fourth-order valence-corrected chi connectivity index (χ4v) is 18.4. The van der Waals surface area contributed by atoms with Crippen LogP contribution < -0.4 is 0 Å². The Kier molecular flexibility index (Phi) is 15.0. The maximum Gasteiger partial charge on any atom is 0.137 e. The van der Waals surface area contributed by atoms with Crippen LogP contribution in [0.25, 0.3) is 204 Å². The monoisotopic (exact) mass is 1450 g/mol. The van der Waals surface area contributed by atoms with Crippen molar-refractivity contribution in [1.82, 2.24) is 13.7 Å². The van der Waals surface area contributed by atoms with Crippen molar-refractivity contribution >= 4 is 109 Å². The molecular weight excluding hydrogens is 1380 g/mol. The predicted molar refractivity (Wildman–Crippen MR) is 476 cm³/mol. The number of furan rings is 2. The highest BCUT2D eigenvalue weighted by Crippen LogP contribution is 2.51. The molecule has 1 aliphatic rings. The van der Waals surface area contributed by atoms with Gasteiger partial charge in [-0.1, -0.05) is 291 Å². The van der Waals surface area contributed by atoms with Gasteiger partial charge in [-0.25, -0.2) is 0 Å². The van der Waals surface area contributed by atoms with Crippen molar-refractivity contribution in [3.63, 3.8) is 0 Å². The maximum absolute atomic E-state index is 6.45. The van der Waals surface area contributed by atoms with Crippen LogP contribution in [-0.4, -0.2) is 13.7 Å². The number of rotatable bonds is 10. The number of nitrogens with zero attached hydrogens (tertiary/aromatic N) is 3. The third-order valence-corrected chi connectivity index (χ3v) is 23.8. The summed E-state index contributed by atoms with van der Waals surface area (Å²) in [5.41, 5.74) is 35.2. The van der Waals surface area contributed by atoms with Crippen molar-refractivity contribution < 1.29 is 8.83 Å². The summed E-state index contributed by atoms with van der Waals surface area (Å²) in [6, 6.07) is 150. The Bertz CT molecular complexity index is 7720. The summed E-state index contributed by atoms with van der Waals surface area (Å²) in [5, 5.41) is 11.8. The second kappa shape index (κ2) is 26.3. The summed E-state index contributed by atoms with van der Waals surface area (Å²) in [4.78, 5) is 0. The van der Waals surface area contributed by atoms with E-state index in [2.05, 4.69) is 414 Å². The molecule has 1 atom stereocenters. The molecule has 0 saturated heterocycles. The van der Waals surface area contributed by atoms with Crippen LogP contribution in [0.15, 0.2) is 421 Å². The zero-order chi connectivity index (χ0) is 74.9. The number of aromatic nitrogens is 3. The Morgan fingerprint density at radius 2 is 0.491 bits per heavy atom. The molecule has 0 fully saturated rings. The molecule has 23 aromatic rings. The molecule has 24 rings (SSSR count). The molecule has 0 N–H and O–H groups in total. The summed E-state index contributed by atoms with van der Waals surface area (Å²) >= 11 is 0. The predicted octanol–water partition coefficient (Wildman–Crippen LogP) is 29.6. The standard InChI is InChI=1S/C55H35NO.C54H34N2O/c1-3-11-35(12-4-1)37-19-21-39(22-20-37)55-45-17-8-7-15-43(45)47-31-40(25-29-46(47)55)41-26-30-51-48(32-41)49-33-50-44-16-9-10-18-53(44)57-54(50)34-52(49)56(51)42-27-23-38(24-28-42)36-13-5-2-6-14-36;1-3-11-35(12-4-1)37-19-25-41(26-20-37)55-49-17-9-7-15-43(49)45-31-39(23-29-50(45)55)40-24-30-51-46(32-40)47-34-54-48(44-16-8-10-18-53(44)57-54)33-52(47)56(51)42-27-21-38(22-28-42)36-13-5-2-6-14-36/h1-34,55H;1-34H. The Morgan fingerprint density at radius 3 is 0.991 bits per heavy atom. The SMILES string of the molecule is c1ccc(-c2ccc(-n3c4ccccc4c4cc(-c5ccc6c(c5)c5cc7oc8ccccc8c7cc5n6-c5ccc(-c6ccccc6)cc5)ccc43)cc2)cc1.c1ccc(-c2ccc(C3c4ccccc4-c4cc(-c5ccc6c(c5)c5cc7c(cc5n6-c5ccc(-c6ccccc6)cc5)oc5ccccc57)ccc43)cc2)cc1. The Morgan fingerprint density at radius 1 is 0.167 bits per heavy atom. The molecule has 18 aromatic carbocycles. The highest BCUT2D eigenvalue weighted by atomic mass is 16.3. The van der Waals surface area contributed by atoms with E-state index in [1.165, 1.54) is 143 Å². The van der Waals surface area contributed by atoms with Gasteiger partial charge in [0.1, 0.15) is 22.3 Å². The van der Waals surface area contributed by atoms with Crippen molar-refractivity contribution in [2.75, 3.05) is 0 Å². The van der Waals surface area contributed by atoms with Gasteiger partial charge in [0.15, 0.2) is 0 Å². The molecule has 5 aromatic heterocycles. The summed E-state index contributed by atoms with van der Waals surface area (Å²) in [6.07, 6.45) is 0. The molecule has 1 aliphatic carbocycles. The molecule has 532 valence electrons. The molecule has 0 saturated carbocycles. The van der Waals surface area contributed by atoms with Gasteiger partial charge in [0, 0.05) is 82.9 Å². The fourth-order valence-electron chi connectivity index (χ4n) is 18.4. The highest BCUT2D eigenvalue weighted by molar-refractivity contribution is 6.20. The second-order valence-corrected chi connectivity index (χ2v) is 30.2. The number of hydrogen-bond acceptors (Lipinski definition) is 2. The largest absolute Gasteiger partial charge is 0.456 e. The van der Waals surface area contributed by atoms with Crippen LogP contribution in [0.3, 0.4) is 0 Å². The number of benzene rings is 18. The van der Waals surface area contributed by atoms with Crippen molar-refractivity contribution in [1.29, 1.82) is 0 Å². The van der Waals surface area contributed by atoms with Crippen LogP contribution >= 0.6 is 0 Å². The topological polar surface area (TPSA) is 41.1 Å². The fraction of sp³-hybridized carbons (Fsp3) is 0.00917. The van der Waals surface area contributed by atoms with Gasteiger partial charge >= 0.3 is 0 Å². The van der Waals surface area contributed by atoms with E-state index in [1.54, 1.807) is 0 Å². The lowest BCUT2D eigenvalue weighted by atomic mass is 9.88. The summed E-state index contributed by atoms with van der Waals surface area (Å²) in [6.45, 7) is 0. The van der Waals surface area contributed by atoms with E-state index in [4.69, 9.17) is 8.83 Å². The Labute approximate surface area is 657 Å². The van der Waals surface area contributed by atoms with Crippen LogP contribution in [0.1, 0.15) is 22.6 Å². The lowest BCUT2D eigenvalue weighted by Crippen LogP contribution is -1.99. The summed E-state index contributed by atoms with van der Waals surface area (Å²) in [7, 11) is 0. The molecule has 1 unspecified atom stereocenters. The van der Waals surface area contributed by atoms with Crippen LogP contribution in [0.2, 0.25) is 0 Å². The van der Waals surface area contributed by atoms with E-state index in [-0.39, 0.29) is 5.92 Å². The molecule has 5 heteroatoms. The first-order valence-corrected chi connectivity index (χ1v) is 39.2. The highest BCUT2D eigenvalue weighted by Gasteiger charge is 2.31. The average molecular weight is 1450 g/mol. The van der Waals surface area contributed by atoms with Crippen LogP contribution in [0.4, 0.5) is 0 Å². The quantitative estimate of drug-likeness (QED) is 0.137. The molecule has 5 heterocycles. The lowest BCUT2D eigenvalue weighted by molar-refractivity contribution is 0.669. The van der Waals surface area contributed by atoms with Gasteiger partial charge in [-0.2, -0.15) is 0 Å². The van der Waals surface area contributed by atoms with Gasteiger partial charge in [0.2, 0.25) is 0 Å². The van der Waals surface area contributed by atoms with Gasteiger partial charge in [-0.05, 0) is 210 Å². The normalized spacial score (nSPS) is 12.6. The maximum atomic E-state index is 6.45. The molecule has 0 bridgehead atoms. The summed E-state index contributed by atoms with van der Waals surface area (Å²) < 4.78 is 20.1. The zero-order valence-corrected chi connectivity index (χ0v) is 62.0. The van der Waals surface area contributed by atoms with Crippen LogP contribution in [-0.2, 0) is 0 Å². The van der Waals surface area contributed by atoms with E-state index in [0.29, 0.717) is 0 Å². The van der Waals surface area contributed by atoms with Crippen molar-refractivity contribution in [3.8, 4) is 95.0 Å². The average Bonchev–Trinajstić information content (AvgIpc) is 1.59. The van der Waals surface area contributed by atoms with Gasteiger partial charge in [0.05, 0.1) is 33.1 Å². The number of hydrogen-bond donors (Lipinski definition) is 0. The van der Waals surface area contributed by atoms with Crippen LogP contribution in [0.5, 0.6) is 0 Å².